The van der Waals surface area contributed by atoms with Gasteiger partial charge in [0.15, 0.2) is 0 Å². The van der Waals surface area contributed by atoms with Gasteiger partial charge < -0.3 is 15.0 Å². The molecule has 2 amide bonds. The molecule has 0 spiro atoms. The molecule has 7 heteroatoms. The van der Waals surface area contributed by atoms with Crippen molar-refractivity contribution in [3.05, 3.63) is 59.4 Å². The van der Waals surface area contributed by atoms with E-state index in [4.69, 9.17) is 4.74 Å². The molecule has 0 aliphatic carbocycles. The van der Waals surface area contributed by atoms with Gasteiger partial charge in [0.25, 0.3) is 5.91 Å². The number of nitrogens with one attached hydrogen (secondary N) is 1. The molecule has 0 atom stereocenters. The number of halogens is 1. The number of aryl methyl sites for hydroxylation is 1. The van der Waals surface area contributed by atoms with E-state index in [2.05, 4.69) is 5.32 Å². The highest BCUT2D eigenvalue weighted by atomic mass is 19.1. The van der Waals surface area contributed by atoms with Crippen LogP contribution in [-0.4, -0.2) is 61.4 Å². The predicted molar refractivity (Wildman–Crippen MR) is 105 cm³/mol. The van der Waals surface area contributed by atoms with Crippen molar-refractivity contribution in [2.75, 3.05) is 45.2 Å². The van der Waals surface area contributed by atoms with Gasteiger partial charge in [0.05, 0.1) is 24.9 Å². The van der Waals surface area contributed by atoms with Crippen LogP contribution >= 0.6 is 0 Å². The summed E-state index contributed by atoms with van der Waals surface area (Å²) in [4.78, 5) is 28.5. The second-order valence-corrected chi connectivity index (χ2v) is 6.80. The minimum atomic E-state index is -0.513. The average molecular weight is 385 g/mol. The van der Waals surface area contributed by atoms with Crippen molar-refractivity contribution >= 4 is 17.5 Å². The van der Waals surface area contributed by atoms with Gasteiger partial charge in [-0.2, -0.15) is 0 Å². The van der Waals surface area contributed by atoms with E-state index in [1.165, 1.54) is 12.1 Å². The molecule has 148 valence electrons. The number of hydrogen-bond acceptors (Lipinski definition) is 4. The highest BCUT2D eigenvalue weighted by molar-refractivity contribution is 5.95. The lowest BCUT2D eigenvalue weighted by molar-refractivity contribution is -0.117. The zero-order chi connectivity index (χ0) is 20.1. The Morgan fingerprint density at radius 3 is 2.50 bits per heavy atom. The van der Waals surface area contributed by atoms with Crippen LogP contribution in [0.5, 0.6) is 5.75 Å². The fourth-order valence-electron chi connectivity index (χ4n) is 3.23. The van der Waals surface area contributed by atoms with E-state index in [1.54, 1.807) is 24.1 Å². The Labute approximate surface area is 163 Å². The van der Waals surface area contributed by atoms with E-state index in [1.807, 2.05) is 30.0 Å². The Balaban J connectivity index is 1.53. The molecule has 0 saturated carbocycles. The van der Waals surface area contributed by atoms with Gasteiger partial charge in [-0.1, -0.05) is 18.2 Å². The average Bonchev–Trinajstić information content (AvgIpc) is 2.68. The summed E-state index contributed by atoms with van der Waals surface area (Å²) in [7, 11) is 1.56. The van der Waals surface area contributed by atoms with Crippen molar-refractivity contribution in [2.45, 2.75) is 6.92 Å². The predicted octanol–water partition coefficient (Wildman–Crippen LogP) is 2.54. The molecule has 1 heterocycles. The highest BCUT2D eigenvalue weighted by Gasteiger charge is 2.25. The van der Waals surface area contributed by atoms with Crippen LogP contribution in [0.1, 0.15) is 15.9 Å². The molecule has 6 nitrogen and oxygen atoms in total. The molecule has 3 rings (SSSR count). The number of amides is 2. The third-order valence-corrected chi connectivity index (χ3v) is 4.76. The molecular formula is C21H24FN3O3. The summed E-state index contributed by atoms with van der Waals surface area (Å²) in [5.41, 5.74) is 1.75. The number of hydrogen-bond donors (Lipinski definition) is 1. The number of benzene rings is 2. The summed E-state index contributed by atoms with van der Waals surface area (Å²) < 4.78 is 19.1. The van der Waals surface area contributed by atoms with Crippen molar-refractivity contribution < 1.29 is 18.7 Å². The topological polar surface area (TPSA) is 61.9 Å². The van der Waals surface area contributed by atoms with Gasteiger partial charge in [0.1, 0.15) is 11.6 Å². The first-order valence-corrected chi connectivity index (χ1v) is 9.18. The molecule has 1 saturated heterocycles. The number of piperazine rings is 1. The van der Waals surface area contributed by atoms with E-state index in [0.29, 0.717) is 37.6 Å². The number of methoxy groups -OCH3 is 1. The first-order valence-electron chi connectivity index (χ1n) is 9.18. The lowest BCUT2D eigenvalue weighted by Gasteiger charge is -2.34. The monoisotopic (exact) mass is 385 g/mol. The number of carbonyl (C=O) groups is 2. The Bertz CT molecular complexity index is 864. The number of nitrogens with zero attached hydrogens (tertiary/aromatic N) is 2. The fourth-order valence-corrected chi connectivity index (χ4v) is 3.23. The Morgan fingerprint density at radius 1 is 1.11 bits per heavy atom. The van der Waals surface area contributed by atoms with Crippen LogP contribution < -0.4 is 10.1 Å². The third kappa shape index (κ3) is 4.67. The first-order chi connectivity index (χ1) is 13.5. The Hall–Kier alpha value is -2.93. The fraction of sp³-hybridized carbons (Fsp3) is 0.333. The molecule has 1 aliphatic heterocycles. The van der Waals surface area contributed by atoms with Crippen LogP contribution in [0.2, 0.25) is 0 Å². The minimum Gasteiger partial charge on any atom is -0.495 e. The minimum absolute atomic E-state index is 0.0836. The van der Waals surface area contributed by atoms with Crippen molar-refractivity contribution in [3.63, 3.8) is 0 Å². The summed E-state index contributed by atoms with van der Waals surface area (Å²) in [6, 6.07) is 11.6. The van der Waals surface area contributed by atoms with E-state index in [0.717, 1.165) is 5.56 Å². The standard InChI is InChI=1S/C21H24FN3O3/c1-15-7-8-19(28-2)18(13-15)23-20(26)14-24-9-11-25(12-10-24)21(27)16-5-3-4-6-17(16)22/h3-8,13H,9-12,14H2,1-2H3,(H,23,26). The molecule has 1 fully saturated rings. The van der Waals surface area contributed by atoms with Gasteiger partial charge in [-0.05, 0) is 36.8 Å². The molecule has 0 radical (unpaired) electrons. The Morgan fingerprint density at radius 2 is 1.82 bits per heavy atom. The molecule has 0 bridgehead atoms. The quantitative estimate of drug-likeness (QED) is 0.859. The molecule has 0 aromatic heterocycles. The maximum atomic E-state index is 13.8. The van der Waals surface area contributed by atoms with Crippen LogP contribution in [0.25, 0.3) is 0 Å². The van der Waals surface area contributed by atoms with Crippen molar-refractivity contribution in [1.82, 2.24) is 9.80 Å². The smallest absolute Gasteiger partial charge is 0.256 e. The normalized spacial score (nSPS) is 14.6. The summed E-state index contributed by atoms with van der Waals surface area (Å²) in [5, 5.41) is 2.88. The van der Waals surface area contributed by atoms with E-state index in [9.17, 15) is 14.0 Å². The molecule has 2 aromatic rings. The van der Waals surface area contributed by atoms with Gasteiger partial charge in [-0.3, -0.25) is 14.5 Å². The van der Waals surface area contributed by atoms with E-state index < -0.39 is 5.82 Å². The van der Waals surface area contributed by atoms with Crippen LogP contribution in [-0.2, 0) is 4.79 Å². The lowest BCUT2D eigenvalue weighted by Crippen LogP contribution is -2.50. The summed E-state index contributed by atoms with van der Waals surface area (Å²) in [6.45, 7) is 4.18. The summed E-state index contributed by atoms with van der Waals surface area (Å²) >= 11 is 0. The van der Waals surface area contributed by atoms with E-state index >= 15 is 0 Å². The van der Waals surface area contributed by atoms with E-state index in [-0.39, 0.29) is 23.9 Å². The van der Waals surface area contributed by atoms with Crippen molar-refractivity contribution in [3.8, 4) is 5.75 Å². The second-order valence-electron chi connectivity index (χ2n) is 6.80. The van der Waals surface area contributed by atoms with Crippen LogP contribution in [0, 0.1) is 12.7 Å². The number of carbonyl (C=O) groups excluding carboxylic acids is 2. The SMILES string of the molecule is COc1ccc(C)cc1NC(=O)CN1CCN(C(=O)c2ccccc2F)CC1. The second kappa shape index (κ2) is 8.84. The van der Waals surface area contributed by atoms with Gasteiger partial charge in [0, 0.05) is 26.2 Å². The summed E-state index contributed by atoms with van der Waals surface area (Å²) in [5.74, 6) is -0.356. The molecule has 1 aliphatic rings. The van der Waals surface area contributed by atoms with Gasteiger partial charge in [0.2, 0.25) is 5.91 Å². The molecule has 0 unspecified atom stereocenters. The van der Waals surface area contributed by atoms with Crippen molar-refractivity contribution in [2.24, 2.45) is 0 Å². The maximum Gasteiger partial charge on any atom is 0.256 e. The van der Waals surface area contributed by atoms with Gasteiger partial charge in [-0.15, -0.1) is 0 Å². The summed E-state index contributed by atoms with van der Waals surface area (Å²) in [6.07, 6.45) is 0. The largest absolute Gasteiger partial charge is 0.495 e. The third-order valence-electron chi connectivity index (χ3n) is 4.76. The number of anilines is 1. The van der Waals surface area contributed by atoms with Crippen molar-refractivity contribution in [1.29, 1.82) is 0 Å². The van der Waals surface area contributed by atoms with Crippen LogP contribution in [0.15, 0.2) is 42.5 Å². The maximum absolute atomic E-state index is 13.8. The zero-order valence-electron chi connectivity index (χ0n) is 16.1. The van der Waals surface area contributed by atoms with Gasteiger partial charge >= 0.3 is 0 Å². The molecule has 28 heavy (non-hydrogen) atoms. The Kier molecular flexibility index (Phi) is 6.26. The molecular weight excluding hydrogens is 361 g/mol. The zero-order valence-corrected chi connectivity index (χ0v) is 16.1. The first kappa shape index (κ1) is 19.8. The molecule has 1 N–H and O–H groups in total. The van der Waals surface area contributed by atoms with Crippen LogP contribution in [0.3, 0.4) is 0 Å². The lowest BCUT2D eigenvalue weighted by atomic mass is 10.1. The number of rotatable bonds is 5. The van der Waals surface area contributed by atoms with Gasteiger partial charge in [-0.25, -0.2) is 4.39 Å². The number of ether oxygens (including phenoxy) is 1. The molecule has 2 aromatic carbocycles. The highest BCUT2D eigenvalue weighted by Crippen LogP contribution is 2.25. The van der Waals surface area contributed by atoms with Crippen LogP contribution in [0.4, 0.5) is 10.1 Å².